The molecule has 1 saturated heterocycles. The predicted octanol–water partition coefficient (Wildman–Crippen LogP) is 1.69. The van der Waals surface area contributed by atoms with Crippen LogP contribution < -0.4 is 10.6 Å². The number of benzene rings is 2. The summed E-state index contributed by atoms with van der Waals surface area (Å²) in [5.41, 5.74) is 4.41. The average molecular weight is 350 g/mol. The number of amides is 1. The Bertz CT molecular complexity index is 882. The number of hydrogen-bond donors (Lipinski definition) is 2. The van der Waals surface area contributed by atoms with Gasteiger partial charge in [0.15, 0.2) is 0 Å². The molecule has 1 unspecified atom stereocenters. The molecule has 2 aromatic carbocycles. The Hall–Kier alpha value is -2.70. The first-order chi connectivity index (χ1) is 12.8. The first-order valence-corrected chi connectivity index (χ1v) is 8.86. The van der Waals surface area contributed by atoms with E-state index in [2.05, 4.69) is 50.5 Å². The van der Waals surface area contributed by atoms with E-state index in [1.807, 2.05) is 24.5 Å². The minimum Gasteiger partial charge on any atom is -0.378 e. The number of rotatable bonds is 5. The summed E-state index contributed by atoms with van der Waals surface area (Å²) >= 11 is 0. The van der Waals surface area contributed by atoms with Crippen LogP contribution in [0.15, 0.2) is 54.9 Å². The first kappa shape index (κ1) is 16.8. The fourth-order valence-corrected chi connectivity index (χ4v) is 3.14. The van der Waals surface area contributed by atoms with Gasteiger partial charge in [-0.25, -0.2) is 4.98 Å². The zero-order valence-electron chi connectivity index (χ0n) is 14.5. The maximum atomic E-state index is 12.1. The van der Waals surface area contributed by atoms with Crippen LogP contribution in [-0.2, 0) is 22.6 Å². The van der Waals surface area contributed by atoms with Crippen molar-refractivity contribution in [3.8, 4) is 0 Å². The normalized spacial score (nSPS) is 17.3. The van der Waals surface area contributed by atoms with Crippen molar-refractivity contribution in [3.63, 3.8) is 0 Å². The molecule has 2 N–H and O–H groups in total. The molecule has 6 nitrogen and oxygen atoms in total. The molecule has 1 aromatic heterocycles. The first-order valence-electron chi connectivity index (χ1n) is 8.86. The third kappa shape index (κ3) is 3.76. The Morgan fingerprint density at radius 2 is 2.00 bits per heavy atom. The lowest BCUT2D eigenvalue weighted by atomic mass is 10.1. The summed E-state index contributed by atoms with van der Waals surface area (Å²) in [6, 6.07) is 16.2. The zero-order chi connectivity index (χ0) is 17.8. The minimum atomic E-state index is -0.252. The number of fused-ring (bicyclic) bond motifs is 1. The van der Waals surface area contributed by atoms with Crippen LogP contribution in [0.25, 0.3) is 11.0 Å². The van der Waals surface area contributed by atoms with Gasteiger partial charge >= 0.3 is 0 Å². The second-order valence-corrected chi connectivity index (χ2v) is 6.48. The van der Waals surface area contributed by atoms with E-state index in [0.717, 1.165) is 29.7 Å². The van der Waals surface area contributed by atoms with Gasteiger partial charge in [-0.15, -0.1) is 0 Å². The van der Waals surface area contributed by atoms with Gasteiger partial charge < -0.3 is 19.9 Å². The smallest absolute Gasteiger partial charge is 0.239 e. The number of carbonyl (C=O) groups is 1. The molecule has 134 valence electrons. The van der Waals surface area contributed by atoms with E-state index in [1.165, 1.54) is 5.56 Å². The lowest BCUT2D eigenvalue weighted by Crippen LogP contribution is -2.51. The summed E-state index contributed by atoms with van der Waals surface area (Å²) in [5.74, 6) is -0.0151. The molecule has 0 saturated carbocycles. The molecule has 1 amide bonds. The van der Waals surface area contributed by atoms with Crippen LogP contribution in [0.4, 0.5) is 0 Å². The Morgan fingerprint density at radius 1 is 1.19 bits per heavy atom. The molecule has 0 aliphatic carbocycles. The lowest BCUT2D eigenvalue weighted by Gasteiger charge is -2.22. The van der Waals surface area contributed by atoms with Gasteiger partial charge in [0.05, 0.1) is 30.6 Å². The van der Waals surface area contributed by atoms with Crippen LogP contribution >= 0.6 is 0 Å². The molecular weight excluding hydrogens is 328 g/mol. The molecule has 1 fully saturated rings. The number of ether oxygens (including phenoxy) is 1. The van der Waals surface area contributed by atoms with Gasteiger partial charge in [-0.1, -0.05) is 36.4 Å². The largest absolute Gasteiger partial charge is 0.378 e. The third-order valence-corrected chi connectivity index (χ3v) is 4.61. The number of morpholine rings is 1. The molecule has 2 heterocycles. The van der Waals surface area contributed by atoms with E-state index in [0.29, 0.717) is 19.8 Å². The zero-order valence-corrected chi connectivity index (χ0v) is 14.5. The standard InChI is InChI=1S/C20H22N4O2/c25-20(18-13-26-10-9-21-18)22-11-15-5-7-16(8-6-15)12-24-14-23-17-3-1-2-4-19(17)24/h1-8,14,18,21H,9-13H2,(H,22,25). The summed E-state index contributed by atoms with van der Waals surface area (Å²) in [4.78, 5) is 16.5. The molecular formula is C20H22N4O2. The topological polar surface area (TPSA) is 68.2 Å². The Kier molecular flexibility index (Phi) is 4.95. The number of hydrogen-bond acceptors (Lipinski definition) is 4. The molecule has 0 radical (unpaired) electrons. The van der Waals surface area contributed by atoms with Gasteiger partial charge in [0.1, 0.15) is 6.04 Å². The van der Waals surface area contributed by atoms with Crippen LogP contribution in [0, 0.1) is 0 Å². The van der Waals surface area contributed by atoms with Crippen molar-refractivity contribution in [2.75, 3.05) is 19.8 Å². The third-order valence-electron chi connectivity index (χ3n) is 4.61. The van der Waals surface area contributed by atoms with Gasteiger partial charge in [0.2, 0.25) is 5.91 Å². The van der Waals surface area contributed by atoms with Gasteiger partial charge in [0, 0.05) is 19.6 Å². The average Bonchev–Trinajstić information content (AvgIpc) is 3.11. The monoisotopic (exact) mass is 350 g/mol. The highest BCUT2D eigenvalue weighted by molar-refractivity contribution is 5.82. The van der Waals surface area contributed by atoms with Gasteiger partial charge in [-0.2, -0.15) is 0 Å². The van der Waals surface area contributed by atoms with Crippen molar-refractivity contribution in [1.29, 1.82) is 0 Å². The maximum Gasteiger partial charge on any atom is 0.239 e. The van der Waals surface area contributed by atoms with E-state index < -0.39 is 0 Å². The summed E-state index contributed by atoms with van der Waals surface area (Å²) in [6.07, 6.45) is 1.87. The Morgan fingerprint density at radius 3 is 2.81 bits per heavy atom. The quantitative estimate of drug-likeness (QED) is 0.735. The number of imidazole rings is 1. The molecule has 1 atom stereocenters. The predicted molar refractivity (Wildman–Crippen MR) is 99.7 cm³/mol. The fraction of sp³-hybridized carbons (Fsp3) is 0.300. The van der Waals surface area contributed by atoms with Gasteiger partial charge in [-0.3, -0.25) is 4.79 Å². The molecule has 1 aliphatic rings. The molecule has 6 heteroatoms. The number of nitrogens with zero attached hydrogens (tertiary/aromatic N) is 2. The van der Waals surface area contributed by atoms with E-state index >= 15 is 0 Å². The minimum absolute atomic E-state index is 0.0151. The molecule has 3 aromatic rings. The Balaban J connectivity index is 1.35. The van der Waals surface area contributed by atoms with Crippen molar-refractivity contribution >= 4 is 16.9 Å². The molecule has 1 aliphatic heterocycles. The van der Waals surface area contributed by atoms with Crippen molar-refractivity contribution in [2.45, 2.75) is 19.1 Å². The van der Waals surface area contributed by atoms with Gasteiger partial charge in [-0.05, 0) is 23.3 Å². The van der Waals surface area contributed by atoms with Crippen LogP contribution in [0.5, 0.6) is 0 Å². The number of nitrogens with one attached hydrogen (secondary N) is 2. The lowest BCUT2D eigenvalue weighted by molar-refractivity contribution is -0.126. The van der Waals surface area contributed by atoms with Gasteiger partial charge in [0.25, 0.3) is 0 Å². The van der Waals surface area contributed by atoms with Crippen LogP contribution in [0.1, 0.15) is 11.1 Å². The molecule has 0 spiro atoms. The molecule has 4 rings (SSSR count). The van der Waals surface area contributed by atoms with E-state index in [9.17, 15) is 4.79 Å². The summed E-state index contributed by atoms with van der Waals surface area (Å²) in [7, 11) is 0. The van der Waals surface area contributed by atoms with Crippen LogP contribution in [0.3, 0.4) is 0 Å². The highest BCUT2D eigenvalue weighted by Crippen LogP contribution is 2.14. The van der Waals surface area contributed by atoms with Crippen LogP contribution in [-0.4, -0.2) is 41.3 Å². The molecule has 26 heavy (non-hydrogen) atoms. The summed E-state index contributed by atoms with van der Waals surface area (Å²) in [6.45, 7) is 3.11. The van der Waals surface area contributed by atoms with E-state index in [4.69, 9.17) is 4.74 Å². The van der Waals surface area contributed by atoms with E-state index in [-0.39, 0.29) is 11.9 Å². The SMILES string of the molecule is O=C(NCc1ccc(Cn2cnc3ccccc32)cc1)C1COCCN1. The second kappa shape index (κ2) is 7.68. The van der Waals surface area contributed by atoms with Crippen molar-refractivity contribution in [2.24, 2.45) is 0 Å². The van der Waals surface area contributed by atoms with Crippen molar-refractivity contribution < 1.29 is 9.53 Å². The number of aromatic nitrogens is 2. The highest BCUT2D eigenvalue weighted by atomic mass is 16.5. The fourth-order valence-electron chi connectivity index (χ4n) is 3.14. The maximum absolute atomic E-state index is 12.1. The van der Waals surface area contributed by atoms with Crippen molar-refractivity contribution in [3.05, 3.63) is 66.0 Å². The number of carbonyl (C=O) groups excluding carboxylic acids is 1. The van der Waals surface area contributed by atoms with Crippen LogP contribution in [0.2, 0.25) is 0 Å². The van der Waals surface area contributed by atoms with E-state index in [1.54, 1.807) is 0 Å². The Labute approximate surface area is 152 Å². The summed E-state index contributed by atoms with van der Waals surface area (Å²) < 4.78 is 7.46. The summed E-state index contributed by atoms with van der Waals surface area (Å²) in [5, 5.41) is 6.12. The van der Waals surface area contributed by atoms with Crippen molar-refractivity contribution in [1.82, 2.24) is 20.2 Å². The highest BCUT2D eigenvalue weighted by Gasteiger charge is 2.20. The second-order valence-electron chi connectivity index (χ2n) is 6.48. The molecule has 0 bridgehead atoms. The number of para-hydroxylation sites is 2.